The maximum Gasteiger partial charge on any atom is 0.224 e. The van der Waals surface area contributed by atoms with Crippen LogP contribution in [0.2, 0.25) is 0 Å². The van der Waals surface area contributed by atoms with Crippen molar-refractivity contribution in [2.45, 2.75) is 32.7 Å². The van der Waals surface area contributed by atoms with Gasteiger partial charge in [-0.3, -0.25) is 4.79 Å². The van der Waals surface area contributed by atoms with E-state index < -0.39 is 0 Å². The number of benzene rings is 1. The Balaban J connectivity index is 2.05. The van der Waals surface area contributed by atoms with Crippen LogP contribution in [0.1, 0.15) is 36.9 Å². The maximum absolute atomic E-state index is 12.3. The topological polar surface area (TPSA) is 50.4 Å². The molecule has 0 radical (unpaired) electrons. The molecule has 1 aliphatic rings. The summed E-state index contributed by atoms with van der Waals surface area (Å²) >= 11 is 0. The van der Waals surface area contributed by atoms with Crippen molar-refractivity contribution in [2.24, 2.45) is 5.92 Å². The zero-order valence-corrected chi connectivity index (χ0v) is 12.5. The summed E-state index contributed by atoms with van der Waals surface area (Å²) in [6.07, 6.45) is 2.04. The van der Waals surface area contributed by atoms with Crippen LogP contribution < -0.4 is 15.4 Å². The summed E-state index contributed by atoms with van der Waals surface area (Å²) in [6.45, 7) is 5.85. The molecule has 4 heteroatoms. The molecular weight excluding hydrogens is 252 g/mol. The van der Waals surface area contributed by atoms with Gasteiger partial charge in [0, 0.05) is 12.1 Å². The first-order valence-electron chi connectivity index (χ1n) is 7.27. The summed E-state index contributed by atoms with van der Waals surface area (Å²) in [5, 5.41) is 6.38. The number of rotatable bonds is 4. The normalized spacial score (nSPS) is 20.2. The van der Waals surface area contributed by atoms with Gasteiger partial charge in [-0.05, 0) is 39.3 Å². The average Bonchev–Trinajstić information content (AvgIpc) is 2.48. The standard InChI is InChI=1S/C16H24N2O2/c1-11-6-7-15(20-3)14(9-11)12(2)18-16(19)13-5-4-8-17-10-13/h6-7,9,12-13,17H,4-5,8,10H2,1-3H3,(H,18,19)/t12?,13-/m1/s1. The Morgan fingerprint density at radius 3 is 2.95 bits per heavy atom. The van der Waals surface area contributed by atoms with E-state index >= 15 is 0 Å². The van der Waals surface area contributed by atoms with Gasteiger partial charge in [0.25, 0.3) is 0 Å². The summed E-state index contributed by atoms with van der Waals surface area (Å²) in [5.41, 5.74) is 2.20. The van der Waals surface area contributed by atoms with E-state index in [4.69, 9.17) is 4.74 Å². The molecule has 0 aliphatic carbocycles. The third-order valence-electron chi connectivity index (χ3n) is 3.88. The average molecular weight is 276 g/mol. The van der Waals surface area contributed by atoms with Crippen LogP contribution in [0.3, 0.4) is 0 Å². The lowest BCUT2D eigenvalue weighted by Crippen LogP contribution is -2.41. The third-order valence-corrected chi connectivity index (χ3v) is 3.88. The first-order valence-corrected chi connectivity index (χ1v) is 7.27. The highest BCUT2D eigenvalue weighted by Gasteiger charge is 2.23. The smallest absolute Gasteiger partial charge is 0.224 e. The van der Waals surface area contributed by atoms with E-state index in [9.17, 15) is 4.79 Å². The van der Waals surface area contributed by atoms with Crippen LogP contribution in [0, 0.1) is 12.8 Å². The van der Waals surface area contributed by atoms with E-state index in [1.807, 2.05) is 26.0 Å². The lowest BCUT2D eigenvalue weighted by Gasteiger charge is -2.25. The summed E-state index contributed by atoms with van der Waals surface area (Å²) in [4.78, 5) is 12.3. The molecule has 2 N–H and O–H groups in total. The predicted molar refractivity (Wildman–Crippen MR) is 79.9 cm³/mol. The highest BCUT2D eigenvalue weighted by molar-refractivity contribution is 5.79. The second kappa shape index (κ2) is 6.75. The fourth-order valence-corrected chi connectivity index (χ4v) is 2.68. The molecule has 1 fully saturated rings. The fourth-order valence-electron chi connectivity index (χ4n) is 2.68. The molecule has 20 heavy (non-hydrogen) atoms. The van der Waals surface area contributed by atoms with Crippen LogP contribution in [0.25, 0.3) is 0 Å². The van der Waals surface area contributed by atoms with Crippen LogP contribution in [0.4, 0.5) is 0 Å². The van der Waals surface area contributed by atoms with Crippen LogP contribution in [0.15, 0.2) is 18.2 Å². The number of carbonyl (C=O) groups excluding carboxylic acids is 1. The number of hydrogen-bond donors (Lipinski definition) is 2. The van der Waals surface area contributed by atoms with Gasteiger partial charge < -0.3 is 15.4 Å². The minimum Gasteiger partial charge on any atom is -0.496 e. The van der Waals surface area contributed by atoms with Gasteiger partial charge in [-0.1, -0.05) is 17.7 Å². The Labute approximate surface area is 120 Å². The molecule has 2 atom stereocenters. The number of piperidine rings is 1. The quantitative estimate of drug-likeness (QED) is 0.886. The molecule has 1 saturated heterocycles. The minimum absolute atomic E-state index is 0.0423. The Morgan fingerprint density at radius 2 is 2.30 bits per heavy atom. The summed E-state index contributed by atoms with van der Waals surface area (Å²) in [7, 11) is 1.66. The maximum atomic E-state index is 12.3. The van der Waals surface area contributed by atoms with Gasteiger partial charge in [0.05, 0.1) is 19.1 Å². The lowest BCUT2D eigenvalue weighted by molar-refractivity contribution is -0.126. The number of ether oxygens (including phenoxy) is 1. The number of amides is 1. The second-order valence-corrected chi connectivity index (χ2v) is 5.52. The Bertz CT molecular complexity index is 468. The number of methoxy groups -OCH3 is 1. The molecule has 2 rings (SSSR count). The molecule has 1 heterocycles. The molecule has 1 aliphatic heterocycles. The first-order chi connectivity index (χ1) is 9.61. The molecule has 0 spiro atoms. The molecule has 1 aromatic rings. The van der Waals surface area contributed by atoms with Crippen molar-refractivity contribution >= 4 is 5.91 Å². The Kier molecular flexibility index (Phi) is 5.01. The largest absolute Gasteiger partial charge is 0.496 e. The zero-order valence-electron chi connectivity index (χ0n) is 12.5. The Morgan fingerprint density at radius 1 is 1.50 bits per heavy atom. The molecule has 1 aromatic carbocycles. The molecule has 110 valence electrons. The summed E-state index contributed by atoms with van der Waals surface area (Å²) in [6, 6.07) is 6.00. The summed E-state index contributed by atoms with van der Waals surface area (Å²) in [5.74, 6) is 1.04. The van der Waals surface area contributed by atoms with Gasteiger partial charge >= 0.3 is 0 Å². The molecule has 1 unspecified atom stereocenters. The van der Waals surface area contributed by atoms with Crippen LogP contribution in [0.5, 0.6) is 5.75 Å². The fraction of sp³-hybridized carbons (Fsp3) is 0.562. The molecule has 0 saturated carbocycles. The van der Waals surface area contributed by atoms with Crippen molar-refractivity contribution < 1.29 is 9.53 Å². The van der Waals surface area contributed by atoms with Crippen molar-refractivity contribution in [3.05, 3.63) is 29.3 Å². The lowest BCUT2D eigenvalue weighted by atomic mass is 9.97. The first kappa shape index (κ1) is 14.9. The monoisotopic (exact) mass is 276 g/mol. The zero-order chi connectivity index (χ0) is 14.5. The van der Waals surface area contributed by atoms with Gasteiger partial charge in [-0.15, -0.1) is 0 Å². The highest BCUT2D eigenvalue weighted by Crippen LogP contribution is 2.26. The van der Waals surface area contributed by atoms with Crippen molar-refractivity contribution in [3.63, 3.8) is 0 Å². The van der Waals surface area contributed by atoms with Crippen molar-refractivity contribution in [1.82, 2.24) is 10.6 Å². The minimum atomic E-state index is -0.0423. The van der Waals surface area contributed by atoms with Crippen molar-refractivity contribution in [1.29, 1.82) is 0 Å². The van der Waals surface area contributed by atoms with Crippen molar-refractivity contribution in [2.75, 3.05) is 20.2 Å². The number of nitrogens with one attached hydrogen (secondary N) is 2. The molecule has 0 aromatic heterocycles. The van der Waals surface area contributed by atoms with E-state index in [1.54, 1.807) is 7.11 Å². The van der Waals surface area contributed by atoms with Crippen LogP contribution >= 0.6 is 0 Å². The summed E-state index contributed by atoms with van der Waals surface area (Å²) < 4.78 is 5.38. The van der Waals surface area contributed by atoms with Crippen LogP contribution in [-0.2, 0) is 4.79 Å². The van der Waals surface area contributed by atoms with Gasteiger partial charge in [0.1, 0.15) is 5.75 Å². The van der Waals surface area contributed by atoms with Crippen LogP contribution in [-0.4, -0.2) is 26.1 Å². The van der Waals surface area contributed by atoms with E-state index in [2.05, 4.69) is 16.7 Å². The molecule has 0 bridgehead atoms. The van der Waals surface area contributed by atoms with Gasteiger partial charge in [0.2, 0.25) is 5.91 Å². The van der Waals surface area contributed by atoms with Crippen molar-refractivity contribution in [3.8, 4) is 5.75 Å². The van der Waals surface area contributed by atoms with E-state index in [1.165, 1.54) is 5.56 Å². The third kappa shape index (κ3) is 3.51. The van der Waals surface area contributed by atoms with Gasteiger partial charge in [0.15, 0.2) is 0 Å². The number of carbonyl (C=O) groups is 1. The van der Waals surface area contributed by atoms with Gasteiger partial charge in [-0.2, -0.15) is 0 Å². The SMILES string of the molecule is COc1ccc(C)cc1C(C)NC(=O)[C@@H]1CCCNC1. The Hall–Kier alpha value is -1.55. The van der Waals surface area contributed by atoms with E-state index in [0.717, 1.165) is 37.2 Å². The highest BCUT2D eigenvalue weighted by atomic mass is 16.5. The molecular formula is C16H24N2O2. The number of hydrogen-bond acceptors (Lipinski definition) is 3. The van der Waals surface area contributed by atoms with Gasteiger partial charge in [-0.25, -0.2) is 0 Å². The second-order valence-electron chi connectivity index (χ2n) is 5.52. The predicted octanol–water partition coefficient (Wildman–Crippen LogP) is 2.18. The van der Waals surface area contributed by atoms with E-state index in [-0.39, 0.29) is 17.9 Å². The van der Waals surface area contributed by atoms with E-state index in [0.29, 0.717) is 0 Å². The molecule has 4 nitrogen and oxygen atoms in total. The number of aryl methyl sites for hydroxylation is 1. The molecule has 1 amide bonds.